The molecular formula is C14H14ClNO. The Balaban J connectivity index is 2.46. The van der Waals surface area contributed by atoms with E-state index in [-0.39, 0.29) is 5.75 Å². The van der Waals surface area contributed by atoms with Crippen molar-refractivity contribution in [1.29, 1.82) is 0 Å². The first-order valence-corrected chi connectivity index (χ1v) is 5.87. The van der Waals surface area contributed by atoms with Crippen LogP contribution in [0.5, 0.6) is 5.75 Å². The molecule has 3 N–H and O–H groups in total. The Morgan fingerprint density at radius 3 is 2.59 bits per heavy atom. The van der Waals surface area contributed by atoms with Crippen molar-refractivity contribution >= 4 is 11.6 Å². The maximum atomic E-state index is 9.80. The number of halogens is 1. The summed E-state index contributed by atoms with van der Waals surface area (Å²) in [5.41, 5.74) is 8.31. The van der Waals surface area contributed by atoms with E-state index < -0.39 is 0 Å². The fourth-order valence-electron chi connectivity index (χ4n) is 1.81. The average Bonchev–Trinajstić information content (AvgIpc) is 2.33. The second kappa shape index (κ2) is 5.21. The molecule has 0 aliphatic heterocycles. The molecule has 0 bridgehead atoms. The molecule has 0 saturated carbocycles. The molecule has 0 fully saturated rings. The minimum absolute atomic E-state index is 0.272. The van der Waals surface area contributed by atoms with Crippen molar-refractivity contribution in [3.8, 4) is 16.9 Å². The quantitative estimate of drug-likeness (QED) is 0.875. The van der Waals surface area contributed by atoms with E-state index in [0.717, 1.165) is 28.1 Å². The van der Waals surface area contributed by atoms with E-state index >= 15 is 0 Å². The number of hydrogen-bond acceptors (Lipinski definition) is 2. The molecule has 0 spiro atoms. The summed E-state index contributed by atoms with van der Waals surface area (Å²) in [6.45, 7) is 0.559. The van der Waals surface area contributed by atoms with Gasteiger partial charge in [0.05, 0.1) is 0 Å². The number of benzene rings is 2. The van der Waals surface area contributed by atoms with E-state index in [1.54, 1.807) is 12.1 Å². The van der Waals surface area contributed by atoms with E-state index in [1.807, 2.05) is 30.3 Å². The van der Waals surface area contributed by atoms with Crippen LogP contribution >= 0.6 is 11.6 Å². The minimum Gasteiger partial charge on any atom is -0.507 e. The first-order chi connectivity index (χ1) is 8.22. The van der Waals surface area contributed by atoms with Crippen molar-refractivity contribution in [1.82, 2.24) is 0 Å². The van der Waals surface area contributed by atoms with E-state index in [9.17, 15) is 5.11 Å². The molecular weight excluding hydrogens is 234 g/mol. The van der Waals surface area contributed by atoms with Crippen molar-refractivity contribution in [2.75, 3.05) is 6.54 Å². The molecule has 88 valence electrons. The molecule has 2 aromatic rings. The molecule has 0 saturated heterocycles. The molecule has 2 nitrogen and oxygen atoms in total. The molecule has 0 amide bonds. The van der Waals surface area contributed by atoms with Gasteiger partial charge in [0, 0.05) is 10.6 Å². The van der Waals surface area contributed by atoms with Gasteiger partial charge in [-0.1, -0.05) is 35.9 Å². The lowest BCUT2D eigenvalue weighted by atomic mass is 10.0. The average molecular weight is 248 g/mol. The lowest BCUT2D eigenvalue weighted by molar-refractivity contribution is 0.477. The van der Waals surface area contributed by atoms with Crippen LogP contribution in [0.15, 0.2) is 42.5 Å². The highest BCUT2D eigenvalue weighted by Gasteiger charge is 2.06. The van der Waals surface area contributed by atoms with Gasteiger partial charge >= 0.3 is 0 Å². The molecule has 0 heterocycles. The summed E-state index contributed by atoms with van der Waals surface area (Å²) >= 11 is 6.08. The Morgan fingerprint density at radius 1 is 1.12 bits per heavy atom. The van der Waals surface area contributed by atoms with Crippen LogP contribution in [0.2, 0.25) is 5.02 Å². The maximum absolute atomic E-state index is 9.80. The van der Waals surface area contributed by atoms with Gasteiger partial charge in [-0.25, -0.2) is 0 Å². The van der Waals surface area contributed by atoms with Gasteiger partial charge in [-0.15, -0.1) is 0 Å². The Hall–Kier alpha value is -1.51. The van der Waals surface area contributed by atoms with Crippen LogP contribution in [0.3, 0.4) is 0 Å². The summed E-state index contributed by atoms with van der Waals surface area (Å²) in [5.74, 6) is 0.272. The normalized spacial score (nSPS) is 10.5. The van der Waals surface area contributed by atoms with Crippen molar-refractivity contribution in [2.24, 2.45) is 5.73 Å². The van der Waals surface area contributed by atoms with E-state index in [4.69, 9.17) is 17.3 Å². The second-order valence-corrected chi connectivity index (χ2v) is 4.27. The van der Waals surface area contributed by atoms with Crippen LogP contribution < -0.4 is 5.73 Å². The van der Waals surface area contributed by atoms with Gasteiger partial charge in [0.1, 0.15) is 5.75 Å². The molecule has 0 aromatic heterocycles. The molecule has 0 aliphatic rings. The summed E-state index contributed by atoms with van der Waals surface area (Å²) in [7, 11) is 0. The molecule has 3 heteroatoms. The zero-order chi connectivity index (χ0) is 12.3. The number of para-hydroxylation sites is 1. The topological polar surface area (TPSA) is 46.2 Å². The molecule has 0 unspecified atom stereocenters. The van der Waals surface area contributed by atoms with Gasteiger partial charge in [-0.05, 0) is 42.3 Å². The largest absolute Gasteiger partial charge is 0.507 e. The zero-order valence-corrected chi connectivity index (χ0v) is 10.1. The highest BCUT2D eigenvalue weighted by molar-refractivity contribution is 6.31. The summed E-state index contributed by atoms with van der Waals surface area (Å²) in [6.07, 6.45) is 0.736. The number of nitrogens with two attached hydrogens (primary N) is 1. The fraction of sp³-hybridized carbons (Fsp3) is 0.143. The molecule has 17 heavy (non-hydrogen) atoms. The maximum Gasteiger partial charge on any atom is 0.123 e. The molecule has 2 aromatic carbocycles. The summed E-state index contributed by atoms with van der Waals surface area (Å²) in [4.78, 5) is 0. The number of hydrogen-bond donors (Lipinski definition) is 2. The number of rotatable bonds is 3. The molecule has 0 radical (unpaired) electrons. The van der Waals surface area contributed by atoms with Crippen LogP contribution in [-0.4, -0.2) is 11.7 Å². The van der Waals surface area contributed by atoms with E-state index in [0.29, 0.717) is 6.54 Å². The monoisotopic (exact) mass is 247 g/mol. The fourth-order valence-corrected chi connectivity index (χ4v) is 2.02. The van der Waals surface area contributed by atoms with E-state index in [2.05, 4.69) is 0 Å². The number of phenols is 1. The SMILES string of the molecule is NCCc1cc(-c2ccccc2O)ccc1Cl. The second-order valence-electron chi connectivity index (χ2n) is 3.86. The van der Waals surface area contributed by atoms with E-state index in [1.165, 1.54) is 0 Å². The standard InChI is InChI=1S/C14H14ClNO/c15-13-6-5-10(9-11(13)7-8-16)12-3-1-2-4-14(12)17/h1-6,9,17H,7-8,16H2. The van der Waals surface area contributed by atoms with Gasteiger partial charge in [-0.2, -0.15) is 0 Å². The first-order valence-electron chi connectivity index (χ1n) is 5.49. The van der Waals surface area contributed by atoms with Crippen LogP contribution in [0.25, 0.3) is 11.1 Å². The van der Waals surface area contributed by atoms with Crippen LogP contribution in [0.1, 0.15) is 5.56 Å². The smallest absolute Gasteiger partial charge is 0.123 e. The van der Waals surface area contributed by atoms with Crippen molar-refractivity contribution in [3.05, 3.63) is 53.1 Å². The van der Waals surface area contributed by atoms with Gasteiger partial charge in [-0.3, -0.25) is 0 Å². The third kappa shape index (κ3) is 2.60. The Bertz CT molecular complexity index is 525. The predicted octanol–water partition coefficient (Wildman–Crippen LogP) is 3.21. The third-order valence-corrected chi connectivity index (χ3v) is 3.04. The lowest BCUT2D eigenvalue weighted by Crippen LogP contribution is -2.03. The summed E-state index contributed by atoms with van der Waals surface area (Å²) in [6, 6.07) is 13.0. The molecule has 0 atom stereocenters. The van der Waals surface area contributed by atoms with Gasteiger partial charge in [0.25, 0.3) is 0 Å². The number of aromatic hydroxyl groups is 1. The summed E-state index contributed by atoms with van der Waals surface area (Å²) < 4.78 is 0. The van der Waals surface area contributed by atoms with Crippen molar-refractivity contribution in [3.63, 3.8) is 0 Å². The Labute approximate surface area is 106 Å². The Morgan fingerprint density at radius 2 is 1.88 bits per heavy atom. The predicted molar refractivity (Wildman–Crippen MR) is 71.3 cm³/mol. The zero-order valence-electron chi connectivity index (χ0n) is 9.36. The van der Waals surface area contributed by atoms with Gasteiger partial charge in [0.2, 0.25) is 0 Å². The number of phenolic OH excluding ortho intramolecular Hbond substituents is 1. The lowest BCUT2D eigenvalue weighted by Gasteiger charge is -2.08. The summed E-state index contributed by atoms with van der Waals surface area (Å²) in [5, 5.41) is 10.5. The van der Waals surface area contributed by atoms with Gasteiger partial charge < -0.3 is 10.8 Å². The highest BCUT2D eigenvalue weighted by atomic mass is 35.5. The van der Waals surface area contributed by atoms with Crippen LogP contribution in [0, 0.1) is 0 Å². The molecule has 2 rings (SSSR count). The third-order valence-electron chi connectivity index (χ3n) is 2.67. The van der Waals surface area contributed by atoms with Crippen LogP contribution in [0.4, 0.5) is 0 Å². The van der Waals surface area contributed by atoms with Crippen LogP contribution in [-0.2, 0) is 6.42 Å². The first kappa shape index (κ1) is 12.0. The highest BCUT2D eigenvalue weighted by Crippen LogP contribution is 2.31. The van der Waals surface area contributed by atoms with Crippen molar-refractivity contribution in [2.45, 2.75) is 6.42 Å². The Kier molecular flexibility index (Phi) is 3.67. The van der Waals surface area contributed by atoms with Crippen molar-refractivity contribution < 1.29 is 5.11 Å². The molecule has 0 aliphatic carbocycles. The van der Waals surface area contributed by atoms with Gasteiger partial charge in [0.15, 0.2) is 0 Å². The minimum atomic E-state index is 0.272.